The summed E-state index contributed by atoms with van der Waals surface area (Å²) in [4.78, 5) is 1.07. The predicted octanol–water partition coefficient (Wildman–Crippen LogP) is 3.04. The average molecular weight is 286 g/mol. The number of rotatable bonds is 5. The molecule has 0 aliphatic heterocycles. The maximum Gasteiger partial charge on any atom is 0.135 e. The van der Waals surface area contributed by atoms with E-state index in [0.29, 0.717) is 5.03 Å². The molecule has 20 heavy (non-hydrogen) atoms. The Labute approximate surface area is 123 Å². The van der Waals surface area contributed by atoms with Crippen molar-refractivity contribution in [3.05, 3.63) is 47.2 Å². The van der Waals surface area contributed by atoms with E-state index in [-0.39, 0.29) is 5.84 Å². The zero-order valence-electron chi connectivity index (χ0n) is 11.7. The lowest BCUT2D eigenvalue weighted by atomic mass is 10.0. The molecule has 1 aromatic heterocycles. The first-order valence-electron chi connectivity index (χ1n) is 6.63. The first-order valence-corrected chi connectivity index (χ1v) is 7.44. The smallest absolute Gasteiger partial charge is 0.135 e. The lowest BCUT2D eigenvalue weighted by molar-refractivity contribution is 0.819. The van der Waals surface area contributed by atoms with Crippen LogP contribution in [0.5, 0.6) is 0 Å². The molecule has 1 aromatic carbocycles. The van der Waals surface area contributed by atoms with Crippen LogP contribution in [0.25, 0.3) is 0 Å². The van der Waals surface area contributed by atoms with Gasteiger partial charge in [0.2, 0.25) is 0 Å². The predicted molar refractivity (Wildman–Crippen MR) is 82.4 cm³/mol. The van der Waals surface area contributed by atoms with Crippen molar-refractivity contribution in [3.63, 3.8) is 0 Å². The van der Waals surface area contributed by atoms with Crippen molar-refractivity contribution >= 4 is 17.6 Å². The number of aryl methyl sites for hydroxylation is 1. The molecule has 0 fully saturated rings. The van der Waals surface area contributed by atoms with Crippen LogP contribution in [0, 0.1) is 5.41 Å². The van der Waals surface area contributed by atoms with Gasteiger partial charge in [0.25, 0.3) is 0 Å². The van der Waals surface area contributed by atoms with Crippen LogP contribution in [0.2, 0.25) is 0 Å². The van der Waals surface area contributed by atoms with Crippen LogP contribution in [0.15, 0.2) is 40.3 Å². The number of nitrogens with zero attached hydrogens (tertiary/aromatic N) is 2. The summed E-state index contributed by atoms with van der Waals surface area (Å²) in [6, 6.07) is 9.94. The lowest BCUT2D eigenvalue weighted by Crippen LogP contribution is -2.18. The third-order valence-corrected chi connectivity index (χ3v) is 4.03. The first kappa shape index (κ1) is 14.5. The van der Waals surface area contributed by atoms with Gasteiger partial charge in [-0.05, 0) is 30.5 Å². The van der Waals surface area contributed by atoms with Crippen LogP contribution >= 0.6 is 11.8 Å². The van der Waals surface area contributed by atoms with Crippen molar-refractivity contribution in [1.29, 1.82) is 5.41 Å². The van der Waals surface area contributed by atoms with E-state index in [4.69, 9.17) is 11.1 Å². The van der Waals surface area contributed by atoms with Crippen molar-refractivity contribution in [2.75, 3.05) is 0 Å². The van der Waals surface area contributed by atoms with E-state index in [1.807, 2.05) is 37.3 Å². The van der Waals surface area contributed by atoms with Gasteiger partial charge < -0.3 is 5.73 Å². The highest BCUT2D eigenvalue weighted by molar-refractivity contribution is 7.99. The average Bonchev–Trinajstić information content (AvgIpc) is 2.47. The van der Waals surface area contributed by atoms with E-state index in [2.05, 4.69) is 17.1 Å². The van der Waals surface area contributed by atoms with Gasteiger partial charge in [0.1, 0.15) is 10.9 Å². The highest BCUT2D eigenvalue weighted by Gasteiger charge is 2.17. The summed E-state index contributed by atoms with van der Waals surface area (Å²) < 4.78 is 0. The van der Waals surface area contributed by atoms with Gasteiger partial charge in [-0.2, -0.15) is 5.10 Å². The minimum atomic E-state index is 0.0601. The molecule has 0 unspecified atom stereocenters. The Kier molecular flexibility index (Phi) is 4.74. The van der Waals surface area contributed by atoms with E-state index in [9.17, 15) is 0 Å². The van der Waals surface area contributed by atoms with Gasteiger partial charge in [0, 0.05) is 4.90 Å². The highest BCUT2D eigenvalue weighted by atomic mass is 32.2. The molecular formula is C15H18N4S. The van der Waals surface area contributed by atoms with Gasteiger partial charge in [-0.3, -0.25) is 5.41 Å². The molecule has 0 radical (unpaired) electrons. The number of nitrogens with one attached hydrogen (secondary N) is 1. The van der Waals surface area contributed by atoms with Crippen molar-refractivity contribution in [1.82, 2.24) is 10.2 Å². The molecule has 0 amide bonds. The van der Waals surface area contributed by atoms with Gasteiger partial charge in [0.15, 0.2) is 0 Å². The fourth-order valence-corrected chi connectivity index (χ4v) is 3.04. The molecule has 1 heterocycles. The maximum atomic E-state index is 7.85. The largest absolute Gasteiger partial charge is 0.384 e. The molecule has 0 bridgehead atoms. The standard InChI is InChI=1S/C15H18N4S/c1-3-11-12(4-2)18-19-15(13(11)14(16)17)20-10-8-6-5-7-9-10/h5-9H,3-4H2,1-2H3,(H3,16,17). The zero-order valence-corrected chi connectivity index (χ0v) is 12.5. The quantitative estimate of drug-likeness (QED) is 0.654. The Balaban J connectivity index is 2.50. The molecule has 5 heteroatoms. The molecule has 0 aliphatic carbocycles. The topological polar surface area (TPSA) is 75.7 Å². The Bertz CT molecular complexity index is 611. The molecule has 0 saturated heterocycles. The van der Waals surface area contributed by atoms with Crippen molar-refractivity contribution < 1.29 is 0 Å². The summed E-state index contributed by atoms with van der Waals surface area (Å²) >= 11 is 1.50. The SMILES string of the molecule is CCc1nnc(Sc2ccccc2)c(C(=N)N)c1CC. The minimum absolute atomic E-state index is 0.0601. The summed E-state index contributed by atoms with van der Waals surface area (Å²) in [6.07, 6.45) is 1.60. The summed E-state index contributed by atoms with van der Waals surface area (Å²) in [5.41, 5.74) is 8.46. The normalized spacial score (nSPS) is 10.5. The van der Waals surface area contributed by atoms with E-state index >= 15 is 0 Å². The van der Waals surface area contributed by atoms with E-state index < -0.39 is 0 Å². The number of aromatic nitrogens is 2. The molecule has 2 rings (SSSR count). The Hall–Kier alpha value is -1.88. The highest BCUT2D eigenvalue weighted by Crippen LogP contribution is 2.30. The minimum Gasteiger partial charge on any atom is -0.384 e. The molecule has 2 aromatic rings. The Morgan fingerprint density at radius 3 is 2.40 bits per heavy atom. The number of hydrogen-bond donors (Lipinski definition) is 2. The molecule has 4 nitrogen and oxygen atoms in total. The molecular weight excluding hydrogens is 268 g/mol. The van der Waals surface area contributed by atoms with Crippen LogP contribution in [0.3, 0.4) is 0 Å². The number of benzene rings is 1. The molecule has 3 N–H and O–H groups in total. The fraction of sp³-hybridized carbons (Fsp3) is 0.267. The maximum absolute atomic E-state index is 7.85. The third kappa shape index (κ3) is 2.99. The summed E-state index contributed by atoms with van der Waals surface area (Å²) in [7, 11) is 0. The van der Waals surface area contributed by atoms with Crippen LogP contribution < -0.4 is 5.73 Å². The van der Waals surface area contributed by atoms with Crippen LogP contribution in [-0.4, -0.2) is 16.0 Å². The summed E-state index contributed by atoms with van der Waals surface area (Å²) in [5.74, 6) is 0.0601. The third-order valence-electron chi connectivity index (χ3n) is 3.04. The monoisotopic (exact) mass is 286 g/mol. The molecule has 0 aliphatic rings. The molecule has 0 saturated carbocycles. The second-order valence-electron chi connectivity index (χ2n) is 4.34. The zero-order chi connectivity index (χ0) is 14.5. The fourth-order valence-electron chi connectivity index (χ4n) is 2.10. The number of hydrogen-bond acceptors (Lipinski definition) is 4. The number of nitrogens with two attached hydrogens (primary N) is 1. The van der Waals surface area contributed by atoms with Crippen molar-refractivity contribution in [2.24, 2.45) is 5.73 Å². The summed E-state index contributed by atoms with van der Waals surface area (Å²) in [5, 5.41) is 17.1. The second kappa shape index (κ2) is 6.52. The van der Waals surface area contributed by atoms with Crippen molar-refractivity contribution in [2.45, 2.75) is 36.6 Å². The second-order valence-corrected chi connectivity index (χ2v) is 5.40. The molecule has 104 valence electrons. The van der Waals surface area contributed by atoms with Gasteiger partial charge >= 0.3 is 0 Å². The lowest BCUT2D eigenvalue weighted by Gasteiger charge is -2.13. The Morgan fingerprint density at radius 2 is 1.85 bits per heavy atom. The van der Waals surface area contributed by atoms with Gasteiger partial charge in [0.05, 0.1) is 11.3 Å². The van der Waals surface area contributed by atoms with Gasteiger partial charge in [-0.25, -0.2) is 0 Å². The number of amidine groups is 1. The van der Waals surface area contributed by atoms with E-state index in [0.717, 1.165) is 34.6 Å². The van der Waals surface area contributed by atoms with Crippen LogP contribution in [0.4, 0.5) is 0 Å². The van der Waals surface area contributed by atoms with E-state index in [1.165, 1.54) is 11.8 Å². The summed E-state index contributed by atoms with van der Waals surface area (Å²) in [6.45, 7) is 4.09. The van der Waals surface area contributed by atoms with Gasteiger partial charge in [-0.1, -0.05) is 43.8 Å². The first-order chi connectivity index (χ1) is 9.67. The Morgan fingerprint density at radius 1 is 1.15 bits per heavy atom. The van der Waals surface area contributed by atoms with Crippen LogP contribution in [0.1, 0.15) is 30.7 Å². The van der Waals surface area contributed by atoms with Gasteiger partial charge in [-0.15, -0.1) is 5.10 Å². The van der Waals surface area contributed by atoms with Crippen LogP contribution in [-0.2, 0) is 12.8 Å². The number of nitrogen functional groups attached to an aromatic ring is 1. The van der Waals surface area contributed by atoms with E-state index in [1.54, 1.807) is 0 Å². The molecule has 0 atom stereocenters. The molecule has 0 spiro atoms. The van der Waals surface area contributed by atoms with Crippen molar-refractivity contribution in [3.8, 4) is 0 Å².